The van der Waals surface area contributed by atoms with Crippen molar-refractivity contribution in [1.82, 2.24) is 19.9 Å². The zero-order valence-electron chi connectivity index (χ0n) is 15.8. The maximum absolute atomic E-state index is 5.09. The minimum atomic E-state index is 0.808. The van der Waals surface area contributed by atoms with Crippen molar-refractivity contribution >= 4 is 27.4 Å². The number of anilines is 1. The normalized spacial score (nSPS) is 18.0. The first-order valence-electron chi connectivity index (χ1n) is 10.0. The van der Waals surface area contributed by atoms with Crippen LogP contribution in [0.15, 0.2) is 24.5 Å². The Hall–Kier alpha value is -2.05. The molecule has 5 nitrogen and oxygen atoms in total. The van der Waals surface area contributed by atoms with Gasteiger partial charge in [-0.1, -0.05) is 6.92 Å². The Balaban J connectivity index is 1.65. The maximum Gasteiger partial charge on any atom is 0.164 e. The lowest BCUT2D eigenvalue weighted by Gasteiger charge is -2.35. The number of fused-ring (bicyclic) bond motifs is 3. The standard InChI is InChI=1S/C21H25N5S/c1-2-25-10-12-26(13-11-25)20-18-16-7-3-4-8-17(16)27-21(18)24-19(23-20)15-6-5-9-22-14-15/h5-6,9,14H,2-4,7-8,10-13H2,1H3. The van der Waals surface area contributed by atoms with E-state index in [0.29, 0.717) is 0 Å². The van der Waals surface area contributed by atoms with E-state index in [1.54, 1.807) is 6.20 Å². The molecule has 1 fully saturated rings. The van der Waals surface area contributed by atoms with Crippen LogP contribution in [-0.4, -0.2) is 52.6 Å². The lowest BCUT2D eigenvalue weighted by atomic mass is 9.96. The van der Waals surface area contributed by atoms with Crippen molar-refractivity contribution < 1.29 is 0 Å². The van der Waals surface area contributed by atoms with Gasteiger partial charge in [0, 0.05) is 49.0 Å². The number of pyridine rings is 1. The van der Waals surface area contributed by atoms with Crippen molar-refractivity contribution in [3.63, 3.8) is 0 Å². The van der Waals surface area contributed by atoms with Crippen LogP contribution < -0.4 is 4.90 Å². The fourth-order valence-corrected chi connectivity index (χ4v) is 5.52. The van der Waals surface area contributed by atoms with Gasteiger partial charge in [0.1, 0.15) is 10.6 Å². The molecule has 140 valence electrons. The molecule has 0 radical (unpaired) electrons. The predicted molar refractivity (Wildman–Crippen MR) is 112 cm³/mol. The van der Waals surface area contributed by atoms with Gasteiger partial charge in [-0.05, 0) is 49.9 Å². The van der Waals surface area contributed by atoms with Gasteiger partial charge >= 0.3 is 0 Å². The first-order valence-corrected chi connectivity index (χ1v) is 10.8. The molecule has 1 saturated heterocycles. The molecular weight excluding hydrogens is 354 g/mol. The average Bonchev–Trinajstić information content (AvgIpc) is 3.12. The third kappa shape index (κ3) is 3.11. The van der Waals surface area contributed by atoms with Gasteiger partial charge in [0.05, 0.1) is 5.39 Å². The summed E-state index contributed by atoms with van der Waals surface area (Å²) in [7, 11) is 0. The first-order chi connectivity index (χ1) is 13.3. The summed E-state index contributed by atoms with van der Waals surface area (Å²) >= 11 is 1.88. The summed E-state index contributed by atoms with van der Waals surface area (Å²) in [5.41, 5.74) is 2.52. The molecule has 0 amide bonds. The number of thiophene rings is 1. The molecule has 3 aromatic rings. The van der Waals surface area contributed by atoms with Crippen LogP contribution in [0.3, 0.4) is 0 Å². The quantitative estimate of drug-likeness (QED) is 0.693. The van der Waals surface area contributed by atoms with Crippen molar-refractivity contribution in [1.29, 1.82) is 0 Å². The number of aryl methyl sites for hydroxylation is 2. The summed E-state index contributed by atoms with van der Waals surface area (Å²) in [5, 5.41) is 1.33. The van der Waals surface area contributed by atoms with Crippen LogP contribution in [0.4, 0.5) is 5.82 Å². The molecule has 0 atom stereocenters. The number of nitrogens with zero attached hydrogens (tertiary/aromatic N) is 5. The molecule has 0 N–H and O–H groups in total. The SMILES string of the molecule is CCN1CCN(c2nc(-c3cccnc3)nc3sc4c(c23)CCCC4)CC1. The zero-order chi connectivity index (χ0) is 18.2. The molecule has 6 heteroatoms. The Morgan fingerprint density at radius 2 is 1.93 bits per heavy atom. The fraction of sp³-hybridized carbons (Fsp3) is 0.476. The zero-order valence-corrected chi connectivity index (χ0v) is 16.6. The number of likely N-dealkylation sites (N-methyl/N-ethyl adjacent to an activating group) is 1. The van der Waals surface area contributed by atoms with E-state index in [4.69, 9.17) is 9.97 Å². The number of hydrogen-bond donors (Lipinski definition) is 0. The molecule has 3 aromatic heterocycles. The van der Waals surface area contributed by atoms with Crippen molar-refractivity contribution in [3.05, 3.63) is 35.0 Å². The molecule has 5 rings (SSSR count). The molecule has 0 unspecified atom stereocenters. The van der Waals surface area contributed by atoms with E-state index in [0.717, 1.165) is 54.8 Å². The van der Waals surface area contributed by atoms with Gasteiger partial charge < -0.3 is 9.80 Å². The molecule has 0 bridgehead atoms. The minimum Gasteiger partial charge on any atom is -0.353 e. The second-order valence-corrected chi connectivity index (χ2v) is 8.51. The Morgan fingerprint density at radius 3 is 2.70 bits per heavy atom. The summed E-state index contributed by atoms with van der Waals surface area (Å²) < 4.78 is 0. The summed E-state index contributed by atoms with van der Waals surface area (Å²) in [4.78, 5) is 22.0. The molecule has 0 saturated carbocycles. The number of piperazine rings is 1. The minimum absolute atomic E-state index is 0.808. The highest BCUT2D eigenvalue weighted by Crippen LogP contribution is 2.40. The van der Waals surface area contributed by atoms with E-state index in [-0.39, 0.29) is 0 Å². The highest BCUT2D eigenvalue weighted by atomic mass is 32.1. The number of aromatic nitrogens is 3. The first kappa shape index (κ1) is 17.1. The Bertz CT molecular complexity index is 944. The third-order valence-electron chi connectivity index (χ3n) is 5.83. The van der Waals surface area contributed by atoms with E-state index in [2.05, 4.69) is 27.8 Å². The van der Waals surface area contributed by atoms with E-state index >= 15 is 0 Å². The molecule has 0 spiro atoms. The van der Waals surface area contributed by atoms with E-state index in [1.165, 1.54) is 41.5 Å². The summed E-state index contributed by atoms with van der Waals surface area (Å²) in [5.74, 6) is 1.95. The van der Waals surface area contributed by atoms with Gasteiger partial charge in [0.2, 0.25) is 0 Å². The molecule has 1 aliphatic carbocycles. The second kappa shape index (κ2) is 7.17. The summed E-state index contributed by atoms with van der Waals surface area (Å²) in [6.07, 6.45) is 8.62. The van der Waals surface area contributed by atoms with Crippen molar-refractivity contribution in [2.45, 2.75) is 32.6 Å². The van der Waals surface area contributed by atoms with Crippen molar-refractivity contribution in [2.75, 3.05) is 37.6 Å². The van der Waals surface area contributed by atoms with Gasteiger partial charge in [-0.15, -0.1) is 11.3 Å². The largest absolute Gasteiger partial charge is 0.353 e. The van der Waals surface area contributed by atoms with Crippen LogP contribution in [0, 0.1) is 0 Å². The lowest BCUT2D eigenvalue weighted by molar-refractivity contribution is 0.271. The van der Waals surface area contributed by atoms with Gasteiger partial charge in [-0.25, -0.2) is 9.97 Å². The average molecular weight is 380 g/mol. The molecule has 4 heterocycles. The fourth-order valence-electron chi connectivity index (χ4n) is 4.27. The Morgan fingerprint density at radius 1 is 1.07 bits per heavy atom. The van der Waals surface area contributed by atoms with Crippen molar-refractivity contribution in [2.24, 2.45) is 0 Å². The van der Waals surface area contributed by atoms with Gasteiger partial charge in [-0.2, -0.15) is 0 Å². The second-order valence-electron chi connectivity index (χ2n) is 7.42. The van der Waals surface area contributed by atoms with Gasteiger partial charge in [0.15, 0.2) is 5.82 Å². The summed E-state index contributed by atoms with van der Waals surface area (Å²) in [6, 6.07) is 4.02. The van der Waals surface area contributed by atoms with E-state index in [9.17, 15) is 0 Å². The summed E-state index contributed by atoms with van der Waals surface area (Å²) in [6.45, 7) is 7.66. The predicted octanol–water partition coefficient (Wildman–Crippen LogP) is 3.77. The lowest BCUT2D eigenvalue weighted by Crippen LogP contribution is -2.46. The number of rotatable bonds is 3. The molecule has 1 aliphatic heterocycles. The highest BCUT2D eigenvalue weighted by Gasteiger charge is 2.26. The van der Waals surface area contributed by atoms with Crippen LogP contribution >= 0.6 is 11.3 Å². The smallest absolute Gasteiger partial charge is 0.164 e. The molecule has 0 aromatic carbocycles. The topological polar surface area (TPSA) is 45.2 Å². The Labute approximate surface area is 164 Å². The van der Waals surface area contributed by atoms with Gasteiger partial charge in [-0.3, -0.25) is 4.98 Å². The van der Waals surface area contributed by atoms with Crippen LogP contribution in [0.2, 0.25) is 0 Å². The molecule has 27 heavy (non-hydrogen) atoms. The van der Waals surface area contributed by atoms with Gasteiger partial charge in [0.25, 0.3) is 0 Å². The van der Waals surface area contributed by atoms with Crippen molar-refractivity contribution in [3.8, 4) is 11.4 Å². The monoisotopic (exact) mass is 379 g/mol. The highest BCUT2D eigenvalue weighted by molar-refractivity contribution is 7.19. The molecule has 2 aliphatic rings. The maximum atomic E-state index is 5.09. The van der Waals surface area contributed by atoms with Crippen LogP contribution in [-0.2, 0) is 12.8 Å². The Kier molecular flexibility index (Phi) is 4.53. The number of hydrogen-bond acceptors (Lipinski definition) is 6. The molecular formula is C21H25N5S. The van der Waals surface area contributed by atoms with E-state index < -0.39 is 0 Å². The van der Waals surface area contributed by atoms with Crippen LogP contribution in [0.5, 0.6) is 0 Å². The van der Waals surface area contributed by atoms with E-state index in [1.807, 2.05) is 23.6 Å². The third-order valence-corrected chi connectivity index (χ3v) is 7.02. The van der Waals surface area contributed by atoms with Crippen LogP contribution in [0.1, 0.15) is 30.2 Å². The van der Waals surface area contributed by atoms with Crippen LogP contribution in [0.25, 0.3) is 21.6 Å².